The normalized spacial score (nSPS) is 12.6. The van der Waals surface area contributed by atoms with Gasteiger partial charge in [-0.1, -0.05) is 6.07 Å². The van der Waals surface area contributed by atoms with E-state index in [1.54, 1.807) is 0 Å². The molecular weight excluding hydrogens is 296 g/mol. The minimum atomic E-state index is -0.806. The van der Waals surface area contributed by atoms with E-state index in [1.807, 2.05) is 13.8 Å². The molecule has 0 spiro atoms. The molecule has 0 aliphatic rings. The number of rotatable bonds is 3. The van der Waals surface area contributed by atoms with Crippen molar-refractivity contribution in [1.29, 1.82) is 0 Å². The van der Waals surface area contributed by atoms with Crippen LogP contribution in [0.1, 0.15) is 24.8 Å². The fourth-order valence-electron chi connectivity index (χ4n) is 1.18. The van der Waals surface area contributed by atoms with E-state index in [4.69, 9.17) is 11.6 Å². The molecule has 1 unspecified atom stereocenters. The van der Waals surface area contributed by atoms with Crippen molar-refractivity contribution in [3.63, 3.8) is 0 Å². The number of nitrogens with one attached hydrogen (secondary N) is 1. The van der Waals surface area contributed by atoms with Gasteiger partial charge in [0, 0.05) is 6.04 Å². The summed E-state index contributed by atoms with van der Waals surface area (Å²) in [7, 11) is 0. The lowest BCUT2D eigenvalue weighted by Crippen LogP contribution is -2.32. The Morgan fingerprint density at radius 3 is 2.62 bits per heavy atom. The number of halogens is 3. The topological polar surface area (TPSA) is 29.1 Å². The molecule has 0 bridgehead atoms. The Labute approximate surface area is 107 Å². The van der Waals surface area contributed by atoms with Crippen LogP contribution in [0.5, 0.6) is 0 Å². The number of hydrogen-bond donors (Lipinski definition) is 1. The summed E-state index contributed by atoms with van der Waals surface area (Å²) in [5.74, 6) is -0.660. The second-order valence-corrected chi connectivity index (χ2v) is 4.99. The maximum atomic E-state index is 13.0. The summed E-state index contributed by atoms with van der Waals surface area (Å²) in [4.78, 5) is 11.6. The number of alkyl halides is 1. The molecule has 0 saturated heterocycles. The largest absolute Gasteiger partial charge is 0.352 e. The first-order chi connectivity index (χ1) is 7.41. The molecule has 0 aromatic heterocycles. The van der Waals surface area contributed by atoms with Crippen molar-refractivity contribution in [3.8, 4) is 0 Å². The van der Waals surface area contributed by atoms with E-state index >= 15 is 0 Å². The smallest absolute Gasteiger partial charge is 0.242 e. The third-order valence-electron chi connectivity index (χ3n) is 1.90. The molecule has 1 aromatic carbocycles. The van der Waals surface area contributed by atoms with Crippen LogP contribution in [0, 0.1) is 5.82 Å². The van der Waals surface area contributed by atoms with Crippen LogP contribution in [0.15, 0.2) is 22.7 Å². The maximum absolute atomic E-state index is 13.0. The Bertz CT molecular complexity index is 398. The first-order valence-corrected chi connectivity index (χ1v) is 6.04. The third-order valence-corrected chi connectivity index (χ3v) is 2.96. The molecule has 1 aromatic rings. The Hall–Kier alpha value is -0.610. The lowest BCUT2D eigenvalue weighted by Gasteiger charge is -2.13. The number of carbonyl (C=O) groups is 1. The lowest BCUT2D eigenvalue weighted by molar-refractivity contribution is -0.121. The van der Waals surface area contributed by atoms with Crippen molar-refractivity contribution in [3.05, 3.63) is 34.1 Å². The zero-order chi connectivity index (χ0) is 12.3. The zero-order valence-corrected chi connectivity index (χ0v) is 11.3. The van der Waals surface area contributed by atoms with Gasteiger partial charge >= 0.3 is 0 Å². The van der Waals surface area contributed by atoms with Crippen LogP contribution in [0.25, 0.3) is 0 Å². The van der Waals surface area contributed by atoms with Gasteiger partial charge in [0.25, 0.3) is 0 Å². The van der Waals surface area contributed by atoms with Crippen molar-refractivity contribution < 1.29 is 9.18 Å². The van der Waals surface area contributed by atoms with Gasteiger partial charge in [-0.2, -0.15) is 0 Å². The van der Waals surface area contributed by atoms with Crippen LogP contribution in [0.2, 0.25) is 0 Å². The van der Waals surface area contributed by atoms with Crippen molar-refractivity contribution in [2.24, 2.45) is 0 Å². The summed E-state index contributed by atoms with van der Waals surface area (Å²) in [6.45, 7) is 3.70. The minimum Gasteiger partial charge on any atom is -0.352 e. The predicted molar refractivity (Wildman–Crippen MR) is 66.0 cm³/mol. The molecule has 1 amide bonds. The average Bonchev–Trinajstić information content (AvgIpc) is 2.20. The number of amides is 1. The number of hydrogen-bond acceptors (Lipinski definition) is 1. The highest BCUT2D eigenvalue weighted by molar-refractivity contribution is 9.10. The van der Waals surface area contributed by atoms with Gasteiger partial charge in [0.2, 0.25) is 5.91 Å². The van der Waals surface area contributed by atoms with Gasteiger partial charge in [-0.15, -0.1) is 11.6 Å². The first kappa shape index (κ1) is 13.5. The van der Waals surface area contributed by atoms with Gasteiger partial charge < -0.3 is 5.32 Å². The van der Waals surface area contributed by atoms with Crippen molar-refractivity contribution in [2.75, 3.05) is 0 Å². The molecule has 0 saturated carbocycles. The summed E-state index contributed by atoms with van der Waals surface area (Å²) >= 11 is 9.02. The Morgan fingerprint density at radius 2 is 2.12 bits per heavy atom. The molecule has 0 aliphatic carbocycles. The molecule has 0 fully saturated rings. The van der Waals surface area contributed by atoms with Crippen molar-refractivity contribution in [1.82, 2.24) is 5.32 Å². The third kappa shape index (κ3) is 3.46. The number of benzene rings is 1. The van der Waals surface area contributed by atoms with E-state index in [2.05, 4.69) is 21.2 Å². The molecule has 0 radical (unpaired) electrons. The Kier molecular flexibility index (Phi) is 4.74. The Balaban J connectivity index is 2.83. The van der Waals surface area contributed by atoms with Crippen LogP contribution in [0.4, 0.5) is 4.39 Å². The van der Waals surface area contributed by atoms with E-state index in [0.717, 1.165) is 0 Å². The molecule has 5 heteroatoms. The standard InChI is InChI=1S/C11H12BrClFNO/c1-6(2)15-11(16)10(13)7-3-4-9(14)8(12)5-7/h3-6,10H,1-2H3,(H,15,16). The van der Waals surface area contributed by atoms with E-state index in [0.29, 0.717) is 10.0 Å². The fraction of sp³-hybridized carbons (Fsp3) is 0.364. The van der Waals surface area contributed by atoms with Crippen LogP contribution in [-0.2, 0) is 4.79 Å². The van der Waals surface area contributed by atoms with Gasteiger partial charge in [0.05, 0.1) is 4.47 Å². The van der Waals surface area contributed by atoms with Gasteiger partial charge in [0.15, 0.2) is 0 Å². The second-order valence-electron chi connectivity index (χ2n) is 3.70. The van der Waals surface area contributed by atoms with Gasteiger partial charge in [-0.25, -0.2) is 4.39 Å². The SMILES string of the molecule is CC(C)NC(=O)C(Cl)c1ccc(F)c(Br)c1. The van der Waals surface area contributed by atoms with Crippen molar-refractivity contribution in [2.45, 2.75) is 25.3 Å². The Morgan fingerprint density at radius 1 is 1.50 bits per heavy atom. The number of carbonyl (C=O) groups excluding carboxylic acids is 1. The van der Waals surface area contributed by atoms with Crippen LogP contribution in [0.3, 0.4) is 0 Å². The van der Waals surface area contributed by atoms with Crippen LogP contribution in [-0.4, -0.2) is 11.9 Å². The van der Waals surface area contributed by atoms with Crippen molar-refractivity contribution >= 4 is 33.4 Å². The maximum Gasteiger partial charge on any atom is 0.242 e. The fourth-order valence-corrected chi connectivity index (χ4v) is 1.77. The molecule has 88 valence electrons. The minimum absolute atomic E-state index is 0.0256. The summed E-state index contributed by atoms with van der Waals surface area (Å²) < 4.78 is 13.3. The van der Waals surface area contributed by atoms with E-state index < -0.39 is 5.38 Å². The monoisotopic (exact) mass is 307 g/mol. The molecule has 0 heterocycles. The lowest BCUT2D eigenvalue weighted by atomic mass is 10.1. The van der Waals surface area contributed by atoms with Gasteiger partial charge in [-0.3, -0.25) is 4.79 Å². The van der Waals surface area contributed by atoms with Gasteiger partial charge in [-0.05, 0) is 47.5 Å². The van der Waals surface area contributed by atoms with Gasteiger partial charge in [0.1, 0.15) is 11.2 Å². The highest BCUT2D eigenvalue weighted by atomic mass is 79.9. The highest BCUT2D eigenvalue weighted by Gasteiger charge is 2.18. The van der Waals surface area contributed by atoms with Crippen LogP contribution < -0.4 is 5.32 Å². The zero-order valence-electron chi connectivity index (χ0n) is 8.93. The summed E-state index contributed by atoms with van der Waals surface area (Å²) in [6, 6.07) is 4.31. The highest BCUT2D eigenvalue weighted by Crippen LogP contribution is 2.25. The predicted octanol–water partition coefficient (Wildman–Crippen LogP) is 3.39. The average molecular weight is 309 g/mol. The molecular formula is C11H12BrClFNO. The van der Waals surface area contributed by atoms with E-state index in [-0.39, 0.29) is 17.8 Å². The van der Waals surface area contributed by atoms with Crippen LogP contribution >= 0.6 is 27.5 Å². The van der Waals surface area contributed by atoms with E-state index in [9.17, 15) is 9.18 Å². The quantitative estimate of drug-likeness (QED) is 0.852. The molecule has 0 aliphatic heterocycles. The summed E-state index contributed by atoms with van der Waals surface area (Å²) in [5.41, 5.74) is 0.563. The molecule has 1 rings (SSSR count). The molecule has 16 heavy (non-hydrogen) atoms. The van der Waals surface area contributed by atoms with E-state index in [1.165, 1.54) is 18.2 Å². The second kappa shape index (κ2) is 5.64. The summed E-state index contributed by atoms with van der Waals surface area (Å²) in [6.07, 6.45) is 0. The summed E-state index contributed by atoms with van der Waals surface area (Å²) in [5, 5.41) is 1.89. The molecule has 2 nitrogen and oxygen atoms in total. The molecule has 1 N–H and O–H groups in total. The molecule has 1 atom stereocenters. The first-order valence-electron chi connectivity index (χ1n) is 4.81.